The van der Waals surface area contributed by atoms with Gasteiger partial charge >= 0.3 is 11.9 Å². The highest BCUT2D eigenvalue weighted by Crippen LogP contribution is 2.24. The Morgan fingerprint density at radius 1 is 0.692 bits per heavy atom. The SMILES string of the molecule is C=CC(=O)OCCCCOc1ccc(C(=O)Oc2ccc(-c3ccc(CCCCCCCC)cc3)cc2)cc1. The smallest absolute Gasteiger partial charge is 0.343 e. The zero-order valence-corrected chi connectivity index (χ0v) is 23.0. The van der Waals surface area contributed by atoms with Crippen LogP contribution in [0.1, 0.15) is 74.2 Å². The topological polar surface area (TPSA) is 61.8 Å². The van der Waals surface area contributed by atoms with E-state index in [9.17, 15) is 9.59 Å². The number of rotatable bonds is 17. The van der Waals surface area contributed by atoms with Crippen LogP contribution < -0.4 is 9.47 Å². The van der Waals surface area contributed by atoms with Gasteiger partial charge in [-0.05, 0) is 78.8 Å². The maximum atomic E-state index is 12.6. The Labute approximate surface area is 232 Å². The lowest BCUT2D eigenvalue weighted by Crippen LogP contribution is -2.08. The fourth-order valence-electron chi connectivity index (χ4n) is 4.17. The fourth-order valence-corrected chi connectivity index (χ4v) is 4.17. The molecule has 0 radical (unpaired) electrons. The summed E-state index contributed by atoms with van der Waals surface area (Å²) in [4.78, 5) is 23.6. The van der Waals surface area contributed by atoms with Gasteiger partial charge in [0.05, 0.1) is 18.8 Å². The monoisotopic (exact) mass is 528 g/mol. The van der Waals surface area contributed by atoms with Crippen molar-refractivity contribution in [2.24, 2.45) is 0 Å². The number of carbonyl (C=O) groups excluding carboxylic acids is 2. The van der Waals surface area contributed by atoms with E-state index in [0.29, 0.717) is 36.7 Å². The average Bonchev–Trinajstić information content (AvgIpc) is 2.97. The van der Waals surface area contributed by atoms with Crippen LogP contribution in [0.15, 0.2) is 85.5 Å². The Bertz CT molecular complexity index is 1150. The maximum Gasteiger partial charge on any atom is 0.343 e. The molecule has 0 fully saturated rings. The summed E-state index contributed by atoms with van der Waals surface area (Å²) in [5, 5.41) is 0. The number of carbonyl (C=O) groups is 2. The number of hydrogen-bond acceptors (Lipinski definition) is 5. The summed E-state index contributed by atoms with van der Waals surface area (Å²) in [6.45, 7) is 6.43. The standard InChI is InChI=1S/C34H40O5/c1-3-5-6-7-8-9-12-27-13-15-28(16-14-27)29-17-23-32(24-18-29)39-34(36)30-19-21-31(22-20-30)37-25-10-11-26-38-33(35)4-2/h4,13-24H,2-3,5-12,25-26H2,1H3. The van der Waals surface area contributed by atoms with Gasteiger partial charge in [-0.2, -0.15) is 0 Å². The third-order valence-corrected chi connectivity index (χ3v) is 6.48. The van der Waals surface area contributed by atoms with E-state index < -0.39 is 11.9 Å². The van der Waals surface area contributed by atoms with Crippen LogP contribution >= 0.6 is 0 Å². The molecule has 0 spiro atoms. The second-order valence-electron chi connectivity index (χ2n) is 9.58. The Kier molecular flexibility index (Phi) is 12.8. The lowest BCUT2D eigenvalue weighted by molar-refractivity contribution is -0.137. The molecule has 3 rings (SSSR count). The molecule has 0 bridgehead atoms. The number of hydrogen-bond donors (Lipinski definition) is 0. The predicted octanol–water partition coefficient (Wildman–Crippen LogP) is 8.36. The first kappa shape index (κ1) is 29.7. The van der Waals surface area contributed by atoms with Crippen LogP contribution in [-0.4, -0.2) is 25.2 Å². The van der Waals surface area contributed by atoms with Crippen molar-refractivity contribution in [1.29, 1.82) is 0 Å². The second kappa shape index (κ2) is 16.9. The van der Waals surface area contributed by atoms with Crippen molar-refractivity contribution < 1.29 is 23.8 Å². The molecule has 0 aromatic heterocycles. The van der Waals surface area contributed by atoms with Crippen molar-refractivity contribution in [3.63, 3.8) is 0 Å². The van der Waals surface area contributed by atoms with E-state index in [1.54, 1.807) is 24.3 Å². The molecular formula is C34H40O5. The molecule has 0 aliphatic rings. The van der Waals surface area contributed by atoms with E-state index in [1.165, 1.54) is 44.1 Å². The molecule has 3 aromatic carbocycles. The zero-order chi connectivity index (χ0) is 27.7. The maximum absolute atomic E-state index is 12.6. The van der Waals surface area contributed by atoms with Gasteiger partial charge in [-0.3, -0.25) is 0 Å². The van der Waals surface area contributed by atoms with Gasteiger partial charge in [-0.1, -0.05) is 82.0 Å². The quantitative estimate of drug-likeness (QED) is 0.0762. The molecule has 5 nitrogen and oxygen atoms in total. The minimum absolute atomic E-state index is 0.339. The minimum atomic E-state index is -0.419. The van der Waals surface area contributed by atoms with Crippen LogP contribution in [0.25, 0.3) is 11.1 Å². The molecule has 206 valence electrons. The van der Waals surface area contributed by atoms with Gasteiger partial charge < -0.3 is 14.2 Å². The van der Waals surface area contributed by atoms with Crippen molar-refractivity contribution in [3.05, 3.63) is 96.6 Å². The fraction of sp³-hybridized carbons (Fsp3) is 0.353. The van der Waals surface area contributed by atoms with Gasteiger partial charge in [0.1, 0.15) is 11.5 Å². The van der Waals surface area contributed by atoms with Gasteiger partial charge in [-0.25, -0.2) is 9.59 Å². The summed E-state index contributed by atoms with van der Waals surface area (Å²) >= 11 is 0. The van der Waals surface area contributed by atoms with Crippen LogP contribution in [-0.2, 0) is 16.0 Å². The van der Waals surface area contributed by atoms with Gasteiger partial charge in [0, 0.05) is 6.08 Å². The van der Waals surface area contributed by atoms with Crippen LogP contribution in [0.3, 0.4) is 0 Å². The van der Waals surface area contributed by atoms with E-state index in [0.717, 1.165) is 30.0 Å². The highest BCUT2D eigenvalue weighted by molar-refractivity contribution is 5.91. The first-order valence-corrected chi connectivity index (χ1v) is 14.0. The summed E-state index contributed by atoms with van der Waals surface area (Å²) in [5.74, 6) is 0.327. The van der Waals surface area contributed by atoms with Gasteiger partial charge in [-0.15, -0.1) is 0 Å². The first-order valence-electron chi connectivity index (χ1n) is 14.0. The van der Waals surface area contributed by atoms with Crippen molar-refractivity contribution in [3.8, 4) is 22.6 Å². The van der Waals surface area contributed by atoms with Crippen LogP contribution in [0, 0.1) is 0 Å². The minimum Gasteiger partial charge on any atom is -0.494 e. The summed E-state index contributed by atoms with van der Waals surface area (Å²) in [6.07, 6.45) is 11.6. The molecule has 39 heavy (non-hydrogen) atoms. The molecule has 3 aromatic rings. The third kappa shape index (κ3) is 10.8. The van der Waals surface area contributed by atoms with Crippen molar-refractivity contribution >= 4 is 11.9 Å². The predicted molar refractivity (Wildman–Crippen MR) is 156 cm³/mol. The lowest BCUT2D eigenvalue weighted by Gasteiger charge is -2.09. The van der Waals surface area contributed by atoms with Crippen LogP contribution in [0.4, 0.5) is 0 Å². The van der Waals surface area contributed by atoms with Crippen LogP contribution in [0.5, 0.6) is 11.5 Å². The number of aryl methyl sites for hydroxylation is 1. The molecule has 0 atom stereocenters. The number of unbranched alkanes of at least 4 members (excludes halogenated alkanes) is 6. The molecule has 0 aliphatic carbocycles. The third-order valence-electron chi connectivity index (χ3n) is 6.48. The molecule has 0 amide bonds. The molecule has 0 saturated carbocycles. The molecule has 0 unspecified atom stereocenters. The molecule has 0 heterocycles. The highest BCUT2D eigenvalue weighted by Gasteiger charge is 2.09. The second-order valence-corrected chi connectivity index (χ2v) is 9.58. The van der Waals surface area contributed by atoms with E-state index >= 15 is 0 Å². The molecule has 0 aliphatic heterocycles. The largest absolute Gasteiger partial charge is 0.494 e. The Balaban J connectivity index is 1.40. The molecule has 5 heteroatoms. The van der Waals surface area contributed by atoms with Crippen LogP contribution in [0.2, 0.25) is 0 Å². The zero-order valence-electron chi connectivity index (χ0n) is 23.0. The Morgan fingerprint density at radius 3 is 1.95 bits per heavy atom. The number of benzene rings is 3. The molecule has 0 saturated heterocycles. The van der Waals surface area contributed by atoms with E-state index in [4.69, 9.17) is 14.2 Å². The molecular weight excluding hydrogens is 488 g/mol. The number of esters is 2. The Morgan fingerprint density at radius 2 is 1.28 bits per heavy atom. The number of ether oxygens (including phenoxy) is 3. The lowest BCUT2D eigenvalue weighted by atomic mass is 10.0. The highest BCUT2D eigenvalue weighted by atomic mass is 16.5. The van der Waals surface area contributed by atoms with Gasteiger partial charge in [0.2, 0.25) is 0 Å². The van der Waals surface area contributed by atoms with Crippen molar-refractivity contribution in [2.75, 3.05) is 13.2 Å². The Hall–Kier alpha value is -3.86. The van der Waals surface area contributed by atoms with E-state index in [1.807, 2.05) is 24.3 Å². The summed E-state index contributed by atoms with van der Waals surface area (Å²) in [5.41, 5.74) is 4.06. The van der Waals surface area contributed by atoms with Gasteiger partial charge in [0.15, 0.2) is 0 Å². The van der Waals surface area contributed by atoms with Crippen molar-refractivity contribution in [1.82, 2.24) is 0 Å². The van der Waals surface area contributed by atoms with E-state index in [2.05, 4.69) is 37.8 Å². The normalized spacial score (nSPS) is 10.6. The summed E-state index contributed by atoms with van der Waals surface area (Å²) in [7, 11) is 0. The first-order chi connectivity index (χ1) is 19.1. The molecule has 0 N–H and O–H groups in total. The summed E-state index contributed by atoms with van der Waals surface area (Å²) in [6, 6.07) is 23.2. The van der Waals surface area contributed by atoms with Crippen molar-refractivity contribution in [2.45, 2.75) is 64.7 Å². The van der Waals surface area contributed by atoms with Gasteiger partial charge in [0.25, 0.3) is 0 Å². The summed E-state index contributed by atoms with van der Waals surface area (Å²) < 4.78 is 16.2. The van der Waals surface area contributed by atoms with E-state index in [-0.39, 0.29) is 0 Å². The average molecular weight is 529 g/mol.